The van der Waals surface area contributed by atoms with Crippen molar-refractivity contribution in [1.29, 1.82) is 0 Å². The highest BCUT2D eigenvalue weighted by Crippen LogP contribution is 2.37. The Morgan fingerprint density at radius 1 is 0.733 bits per heavy atom. The van der Waals surface area contributed by atoms with E-state index < -0.39 is 0 Å². The maximum Gasteiger partial charge on any atom is 0.0484 e. The molecule has 1 heteroatoms. The van der Waals surface area contributed by atoms with E-state index in [0.717, 1.165) is 13.0 Å². The summed E-state index contributed by atoms with van der Waals surface area (Å²) in [6.45, 7) is 3.44. The number of unbranched alkanes of at least 4 members (excludes halogenated alkanes) is 13. The van der Waals surface area contributed by atoms with Crippen LogP contribution in [0.1, 0.15) is 109 Å². The van der Waals surface area contributed by atoms with Crippen molar-refractivity contribution >= 4 is 11.8 Å². The van der Waals surface area contributed by atoms with Crippen LogP contribution in [0.4, 0.5) is 5.69 Å². The predicted molar refractivity (Wildman–Crippen MR) is 134 cm³/mol. The zero-order valence-corrected chi connectivity index (χ0v) is 19.4. The Labute approximate surface area is 186 Å². The number of hydrogen-bond donors (Lipinski definition) is 0. The van der Waals surface area contributed by atoms with Gasteiger partial charge in [0.2, 0.25) is 0 Å². The summed E-state index contributed by atoms with van der Waals surface area (Å²) in [7, 11) is 0. The fraction of sp³-hybridized carbons (Fsp3) is 0.586. The molecular weight excluding hydrogens is 362 g/mol. The normalized spacial score (nSPS) is 14.9. The molecule has 30 heavy (non-hydrogen) atoms. The zero-order chi connectivity index (χ0) is 20.9. The standard InChI is InChI=1S/C29H43N/c1-2-3-4-5-6-7-8-9-10-11-12-13-14-19-24-30-28-22-17-15-20-26(28)25-27-21-16-18-23-29(27)30/h15-18,20,22-23,25H,2-14,19,21,24H2,1H3. The third-order valence-corrected chi connectivity index (χ3v) is 6.64. The van der Waals surface area contributed by atoms with Crippen LogP contribution in [0, 0.1) is 0 Å². The summed E-state index contributed by atoms with van der Waals surface area (Å²) in [4.78, 5) is 2.56. The molecule has 0 radical (unpaired) electrons. The van der Waals surface area contributed by atoms with Crippen molar-refractivity contribution in [2.45, 2.75) is 103 Å². The van der Waals surface area contributed by atoms with E-state index in [1.54, 1.807) is 0 Å². The molecule has 0 saturated heterocycles. The second-order valence-electron chi connectivity index (χ2n) is 9.16. The molecular formula is C29H43N. The highest BCUT2D eigenvalue weighted by Gasteiger charge is 2.22. The molecule has 1 heterocycles. The van der Waals surface area contributed by atoms with E-state index in [2.05, 4.69) is 60.4 Å². The van der Waals surface area contributed by atoms with Crippen LogP contribution in [0.5, 0.6) is 0 Å². The smallest absolute Gasteiger partial charge is 0.0484 e. The molecule has 1 aromatic carbocycles. The average Bonchev–Trinajstić information content (AvgIpc) is 2.78. The van der Waals surface area contributed by atoms with Crippen LogP contribution < -0.4 is 4.90 Å². The minimum Gasteiger partial charge on any atom is -0.341 e. The predicted octanol–water partition coefficient (Wildman–Crippen LogP) is 9.22. The number of benzene rings is 1. The van der Waals surface area contributed by atoms with Gasteiger partial charge in [0.25, 0.3) is 0 Å². The van der Waals surface area contributed by atoms with Gasteiger partial charge < -0.3 is 4.90 Å². The molecule has 1 aromatic rings. The first-order chi connectivity index (χ1) is 14.9. The SMILES string of the molecule is CCCCCCCCCCCCCCCCN1C2=CC=CCC2=Cc2ccccc21. The van der Waals surface area contributed by atoms with Crippen molar-refractivity contribution in [2.75, 3.05) is 11.4 Å². The van der Waals surface area contributed by atoms with Crippen LogP contribution >= 0.6 is 0 Å². The summed E-state index contributed by atoms with van der Waals surface area (Å²) in [6, 6.07) is 8.88. The molecule has 1 aliphatic carbocycles. The van der Waals surface area contributed by atoms with Crippen LogP contribution in [-0.4, -0.2) is 6.54 Å². The number of rotatable bonds is 15. The number of allylic oxidation sites excluding steroid dienone is 4. The van der Waals surface area contributed by atoms with Gasteiger partial charge in [0.15, 0.2) is 0 Å². The highest BCUT2D eigenvalue weighted by atomic mass is 15.1. The van der Waals surface area contributed by atoms with Gasteiger partial charge in [-0.1, -0.05) is 121 Å². The molecule has 0 amide bonds. The first kappa shape index (κ1) is 22.9. The van der Waals surface area contributed by atoms with Crippen LogP contribution in [0.3, 0.4) is 0 Å². The van der Waals surface area contributed by atoms with Gasteiger partial charge in [-0.3, -0.25) is 0 Å². The van der Waals surface area contributed by atoms with E-state index in [4.69, 9.17) is 0 Å². The third kappa shape index (κ3) is 7.18. The molecule has 0 unspecified atom stereocenters. The maximum atomic E-state index is 2.56. The topological polar surface area (TPSA) is 3.24 Å². The van der Waals surface area contributed by atoms with E-state index in [1.165, 1.54) is 112 Å². The lowest BCUT2D eigenvalue weighted by Gasteiger charge is -2.35. The van der Waals surface area contributed by atoms with Crippen LogP contribution in [-0.2, 0) is 0 Å². The van der Waals surface area contributed by atoms with E-state index in [9.17, 15) is 0 Å². The molecule has 0 aromatic heterocycles. The van der Waals surface area contributed by atoms with Gasteiger partial charge in [0.05, 0.1) is 0 Å². The number of para-hydroxylation sites is 1. The Hall–Kier alpha value is -1.76. The summed E-state index contributed by atoms with van der Waals surface area (Å²) in [6.07, 6.45) is 30.1. The van der Waals surface area contributed by atoms with E-state index in [-0.39, 0.29) is 0 Å². The molecule has 1 aliphatic heterocycles. The Balaban J connectivity index is 1.26. The van der Waals surface area contributed by atoms with Gasteiger partial charge in [-0.25, -0.2) is 0 Å². The summed E-state index contributed by atoms with van der Waals surface area (Å²) >= 11 is 0. The second kappa shape index (κ2) is 13.5. The number of hydrogen-bond acceptors (Lipinski definition) is 1. The molecule has 0 N–H and O–H groups in total. The van der Waals surface area contributed by atoms with Gasteiger partial charge in [-0.15, -0.1) is 0 Å². The number of nitrogens with zero attached hydrogens (tertiary/aromatic N) is 1. The third-order valence-electron chi connectivity index (χ3n) is 6.64. The molecule has 164 valence electrons. The molecule has 0 spiro atoms. The molecule has 2 aliphatic rings. The van der Waals surface area contributed by atoms with Crippen LogP contribution in [0.15, 0.2) is 53.8 Å². The van der Waals surface area contributed by atoms with Crippen LogP contribution in [0.2, 0.25) is 0 Å². The molecule has 0 fully saturated rings. The van der Waals surface area contributed by atoms with Crippen LogP contribution in [0.25, 0.3) is 6.08 Å². The lowest BCUT2D eigenvalue weighted by atomic mass is 9.94. The fourth-order valence-corrected chi connectivity index (χ4v) is 4.84. The molecule has 0 bridgehead atoms. The molecule has 0 saturated carbocycles. The monoisotopic (exact) mass is 405 g/mol. The number of fused-ring (bicyclic) bond motifs is 2. The van der Waals surface area contributed by atoms with Crippen molar-refractivity contribution in [2.24, 2.45) is 0 Å². The molecule has 1 nitrogen and oxygen atoms in total. The summed E-state index contributed by atoms with van der Waals surface area (Å²) in [5.41, 5.74) is 5.66. The van der Waals surface area contributed by atoms with Crippen molar-refractivity contribution in [1.82, 2.24) is 0 Å². The Bertz CT molecular complexity index is 709. The Morgan fingerprint density at radius 3 is 2.00 bits per heavy atom. The Morgan fingerprint density at radius 2 is 1.33 bits per heavy atom. The minimum absolute atomic E-state index is 1.06. The van der Waals surface area contributed by atoms with E-state index in [1.807, 2.05) is 0 Å². The quantitative estimate of drug-likeness (QED) is 0.263. The highest BCUT2D eigenvalue weighted by molar-refractivity contribution is 5.80. The van der Waals surface area contributed by atoms with Crippen molar-refractivity contribution < 1.29 is 0 Å². The van der Waals surface area contributed by atoms with E-state index >= 15 is 0 Å². The average molecular weight is 406 g/mol. The van der Waals surface area contributed by atoms with Crippen molar-refractivity contribution in [3.63, 3.8) is 0 Å². The lowest BCUT2D eigenvalue weighted by Crippen LogP contribution is -2.28. The molecule has 0 atom stereocenters. The van der Waals surface area contributed by atoms with Crippen molar-refractivity contribution in [3.05, 3.63) is 59.3 Å². The fourth-order valence-electron chi connectivity index (χ4n) is 4.84. The minimum atomic E-state index is 1.06. The van der Waals surface area contributed by atoms with Crippen molar-refractivity contribution in [3.8, 4) is 0 Å². The van der Waals surface area contributed by atoms with Gasteiger partial charge in [0, 0.05) is 17.9 Å². The summed E-state index contributed by atoms with van der Waals surface area (Å²) in [5.74, 6) is 0. The lowest BCUT2D eigenvalue weighted by molar-refractivity contribution is 0.535. The number of anilines is 1. The van der Waals surface area contributed by atoms with Gasteiger partial charge in [-0.05, 0) is 42.2 Å². The first-order valence-corrected chi connectivity index (χ1v) is 12.8. The largest absolute Gasteiger partial charge is 0.341 e. The van der Waals surface area contributed by atoms with Gasteiger partial charge in [0.1, 0.15) is 0 Å². The Kier molecular flexibility index (Phi) is 10.3. The first-order valence-electron chi connectivity index (χ1n) is 12.8. The van der Waals surface area contributed by atoms with Gasteiger partial charge in [-0.2, -0.15) is 0 Å². The molecule has 3 rings (SSSR count). The summed E-state index contributed by atoms with van der Waals surface area (Å²) in [5, 5.41) is 0. The van der Waals surface area contributed by atoms with E-state index in [0.29, 0.717) is 0 Å². The zero-order valence-electron chi connectivity index (χ0n) is 19.4. The maximum absolute atomic E-state index is 2.56. The summed E-state index contributed by atoms with van der Waals surface area (Å²) < 4.78 is 0. The van der Waals surface area contributed by atoms with Gasteiger partial charge >= 0.3 is 0 Å². The second-order valence-corrected chi connectivity index (χ2v) is 9.16.